The molecule has 2 atom stereocenters. The molecule has 1 saturated heterocycles. The normalized spacial score (nSPS) is 20.4. The van der Waals surface area contributed by atoms with E-state index in [1.807, 2.05) is 12.1 Å². The Labute approximate surface area is 134 Å². The second-order valence-corrected chi connectivity index (χ2v) is 5.11. The van der Waals surface area contributed by atoms with Crippen LogP contribution in [0.15, 0.2) is 36.9 Å². The highest BCUT2D eigenvalue weighted by Crippen LogP contribution is 2.10. The molecule has 1 amide bonds. The molecule has 0 aliphatic carbocycles. The third kappa shape index (κ3) is 3.62. The fraction of sp³-hybridized carbons (Fsp3) is 0.357. The van der Waals surface area contributed by atoms with Crippen LogP contribution >= 0.6 is 12.4 Å². The lowest BCUT2D eigenvalue weighted by atomic mass is 10.1. The Morgan fingerprint density at radius 1 is 1.27 bits per heavy atom. The number of aliphatic hydroxyl groups excluding tert-OH is 1. The average molecular weight is 324 g/mol. The number of carbonyl (C=O) groups is 1. The second-order valence-electron chi connectivity index (χ2n) is 5.11. The molecule has 1 aromatic carbocycles. The van der Waals surface area contributed by atoms with Crippen molar-refractivity contribution in [3.63, 3.8) is 0 Å². The van der Waals surface area contributed by atoms with Gasteiger partial charge in [0.2, 0.25) is 0 Å². The molecule has 8 heteroatoms. The fourth-order valence-electron chi connectivity index (χ4n) is 2.37. The first kappa shape index (κ1) is 16.4. The summed E-state index contributed by atoms with van der Waals surface area (Å²) < 4.78 is 1.77. The monoisotopic (exact) mass is 323 g/mol. The summed E-state index contributed by atoms with van der Waals surface area (Å²) in [7, 11) is 0. The van der Waals surface area contributed by atoms with Gasteiger partial charge in [-0.25, -0.2) is 0 Å². The number of halogens is 1. The molecular formula is C14H18ClN5O2. The molecular weight excluding hydrogens is 306 g/mol. The zero-order valence-electron chi connectivity index (χ0n) is 11.8. The number of aromatic nitrogens is 3. The summed E-state index contributed by atoms with van der Waals surface area (Å²) in [6, 6.07) is 7.19. The van der Waals surface area contributed by atoms with Crippen molar-refractivity contribution in [3.05, 3.63) is 42.5 Å². The molecule has 1 aromatic heterocycles. The van der Waals surface area contributed by atoms with E-state index in [4.69, 9.17) is 0 Å². The van der Waals surface area contributed by atoms with Gasteiger partial charge in [0.15, 0.2) is 0 Å². The minimum absolute atomic E-state index is 0. The number of aliphatic hydroxyl groups is 1. The highest BCUT2D eigenvalue weighted by atomic mass is 35.5. The number of benzene rings is 1. The number of rotatable bonds is 4. The first-order valence-electron chi connectivity index (χ1n) is 6.86. The number of carbonyl (C=O) groups excluding carboxylic acids is 1. The Hall–Kier alpha value is -1.96. The van der Waals surface area contributed by atoms with Crippen molar-refractivity contribution in [1.29, 1.82) is 0 Å². The van der Waals surface area contributed by atoms with Crippen LogP contribution in [0.25, 0.3) is 5.69 Å². The largest absolute Gasteiger partial charge is 0.391 e. The topological polar surface area (TPSA) is 92.1 Å². The van der Waals surface area contributed by atoms with Crippen molar-refractivity contribution in [2.45, 2.75) is 6.10 Å². The van der Waals surface area contributed by atoms with Gasteiger partial charge in [0.1, 0.15) is 12.7 Å². The Bertz CT molecular complexity index is 602. The zero-order valence-corrected chi connectivity index (χ0v) is 12.7. The molecule has 3 rings (SSSR count). The Balaban J connectivity index is 0.00000176. The van der Waals surface area contributed by atoms with Gasteiger partial charge in [-0.1, -0.05) is 0 Å². The van der Waals surface area contributed by atoms with Crippen LogP contribution in [0.3, 0.4) is 0 Å². The molecule has 2 heterocycles. The molecule has 0 radical (unpaired) electrons. The molecule has 0 saturated carbocycles. The zero-order chi connectivity index (χ0) is 14.7. The highest BCUT2D eigenvalue weighted by Gasteiger charge is 2.25. The number of hydrogen-bond donors (Lipinski definition) is 3. The van der Waals surface area contributed by atoms with Crippen molar-refractivity contribution >= 4 is 18.3 Å². The number of nitrogens with zero attached hydrogens (tertiary/aromatic N) is 3. The molecule has 0 spiro atoms. The second kappa shape index (κ2) is 7.35. The first-order valence-corrected chi connectivity index (χ1v) is 6.86. The Kier molecular flexibility index (Phi) is 5.48. The maximum absolute atomic E-state index is 12.1. The van der Waals surface area contributed by atoms with Gasteiger partial charge in [0.05, 0.1) is 6.10 Å². The van der Waals surface area contributed by atoms with Crippen molar-refractivity contribution in [3.8, 4) is 5.69 Å². The third-order valence-corrected chi connectivity index (χ3v) is 3.68. The van der Waals surface area contributed by atoms with Crippen LogP contribution in [0, 0.1) is 5.92 Å². The summed E-state index contributed by atoms with van der Waals surface area (Å²) in [5, 5.41) is 23.1. The minimum Gasteiger partial charge on any atom is -0.391 e. The summed E-state index contributed by atoms with van der Waals surface area (Å²) in [5.74, 6) is -0.0605. The molecule has 22 heavy (non-hydrogen) atoms. The van der Waals surface area contributed by atoms with E-state index < -0.39 is 0 Å². The van der Waals surface area contributed by atoms with Gasteiger partial charge in [0, 0.05) is 36.8 Å². The van der Waals surface area contributed by atoms with Gasteiger partial charge in [-0.15, -0.1) is 22.6 Å². The summed E-state index contributed by atoms with van der Waals surface area (Å²) in [5.41, 5.74) is 1.49. The maximum atomic E-state index is 12.1. The van der Waals surface area contributed by atoms with Crippen LogP contribution < -0.4 is 10.6 Å². The molecule has 7 nitrogen and oxygen atoms in total. The first-order chi connectivity index (χ1) is 10.2. The predicted octanol–water partition coefficient (Wildman–Crippen LogP) is -0.000800. The summed E-state index contributed by atoms with van der Waals surface area (Å²) in [6.45, 7) is 1.79. The molecule has 0 bridgehead atoms. The minimum atomic E-state index is -0.388. The molecule has 1 aliphatic rings. The quantitative estimate of drug-likeness (QED) is 0.736. The van der Waals surface area contributed by atoms with Crippen LogP contribution in [0.2, 0.25) is 0 Å². The molecule has 1 aliphatic heterocycles. The fourth-order valence-corrected chi connectivity index (χ4v) is 2.37. The van der Waals surface area contributed by atoms with Crippen LogP contribution in [-0.4, -0.2) is 51.5 Å². The van der Waals surface area contributed by atoms with E-state index in [2.05, 4.69) is 20.8 Å². The van der Waals surface area contributed by atoms with E-state index in [9.17, 15) is 9.90 Å². The summed E-state index contributed by atoms with van der Waals surface area (Å²) in [6.07, 6.45) is 2.81. The molecule has 3 N–H and O–H groups in total. The third-order valence-electron chi connectivity index (χ3n) is 3.68. The van der Waals surface area contributed by atoms with Crippen LogP contribution in [0.5, 0.6) is 0 Å². The van der Waals surface area contributed by atoms with Gasteiger partial charge >= 0.3 is 0 Å². The average Bonchev–Trinajstić information content (AvgIpc) is 3.17. The number of amides is 1. The van der Waals surface area contributed by atoms with E-state index in [-0.39, 0.29) is 30.3 Å². The SMILES string of the molecule is Cl.O=C(NCC1CNCC1O)c1ccc(-n2cnnc2)cc1. The van der Waals surface area contributed by atoms with E-state index in [0.717, 1.165) is 12.2 Å². The van der Waals surface area contributed by atoms with Gasteiger partial charge in [0.25, 0.3) is 5.91 Å². The number of β-amino-alcohol motifs (C(OH)–C–C–N with tert-alkyl or cyclic N) is 1. The van der Waals surface area contributed by atoms with E-state index >= 15 is 0 Å². The van der Waals surface area contributed by atoms with E-state index in [1.54, 1.807) is 29.4 Å². The lowest BCUT2D eigenvalue weighted by Crippen LogP contribution is -2.34. The molecule has 2 aromatic rings. The number of nitrogens with one attached hydrogen (secondary N) is 2. The lowest BCUT2D eigenvalue weighted by molar-refractivity contribution is 0.0927. The summed E-state index contributed by atoms with van der Waals surface area (Å²) >= 11 is 0. The maximum Gasteiger partial charge on any atom is 0.251 e. The van der Waals surface area contributed by atoms with Crippen LogP contribution in [0.1, 0.15) is 10.4 Å². The standard InChI is InChI=1S/C14H17N5O2.ClH/c20-13-7-15-5-11(13)6-16-14(21)10-1-3-12(4-2-10)19-8-17-18-9-19;/h1-4,8-9,11,13,15,20H,5-7H2,(H,16,21);1H. The number of hydrogen-bond acceptors (Lipinski definition) is 5. The Morgan fingerprint density at radius 2 is 1.95 bits per heavy atom. The lowest BCUT2D eigenvalue weighted by Gasteiger charge is -2.14. The van der Waals surface area contributed by atoms with E-state index in [1.165, 1.54) is 0 Å². The Morgan fingerprint density at radius 3 is 2.55 bits per heavy atom. The smallest absolute Gasteiger partial charge is 0.251 e. The van der Waals surface area contributed by atoms with Crippen LogP contribution in [-0.2, 0) is 0 Å². The summed E-state index contributed by atoms with van der Waals surface area (Å²) in [4.78, 5) is 12.1. The van der Waals surface area contributed by atoms with Crippen molar-refractivity contribution in [2.75, 3.05) is 19.6 Å². The van der Waals surface area contributed by atoms with Gasteiger partial charge in [-0.05, 0) is 24.3 Å². The van der Waals surface area contributed by atoms with Crippen molar-refractivity contribution < 1.29 is 9.90 Å². The molecule has 1 fully saturated rings. The van der Waals surface area contributed by atoms with Crippen molar-refractivity contribution in [1.82, 2.24) is 25.4 Å². The van der Waals surface area contributed by atoms with Gasteiger partial charge < -0.3 is 15.7 Å². The van der Waals surface area contributed by atoms with Gasteiger partial charge in [-0.3, -0.25) is 9.36 Å². The predicted molar refractivity (Wildman–Crippen MR) is 83.3 cm³/mol. The van der Waals surface area contributed by atoms with Crippen molar-refractivity contribution in [2.24, 2.45) is 5.92 Å². The van der Waals surface area contributed by atoms with E-state index in [0.29, 0.717) is 18.7 Å². The highest BCUT2D eigenvalue weighted by molar-refractivity contribution is 5.94. The molecule has 118 valence electrons. The van der Waals surface area contributed by atoms with Gasteiger partial charge in [-0.2, -0.15) is 0 Å². The van der Waals surface area contributed by atoms with Crippen LogP contribution in [0.4, 0.5) is 0 Å². The molecule has 2 unspecified atom stereocenters.